The average Bonchev–Trinajstić information content (AvgIpc) is 2.95. The first-order valence-corrected chi connectivity index (χ1v) is 6.87. The highest BCUT2D eigenvalue weighted by molar-refractivity contribution is 9.10. The van der Waals surface area contributed by atoms with Crippen LogP contribution in [0.4, 0.5) is 4.79 Å². The van der Waals surface area contributed by atoms with Crippen molar-refractivity contribution in [3.05, 3.63) is 34.3 Å². The summed E-state index contributed by atoms with van der Waals surface area (Å²) < 4.78 is 6.60. The molecule has 1 aliphatic carbocycles. The highest BCUT2D eigenvalue weighted by atomic mass is 79.9. The summed E-state index contributed by atoms with van der Waals surface area (Å²) in [7, 11) is 0. The van der Waals surface area contributed by atoms with Gasteiger partial charge in [0.2, 0.25) is 0 Å². The summed E-state index contributed by atoms with van der Waals surface area (Å²) in [5.74, 6) is 0. The van der Waals surface area contributed by atoms with Crippen molar-refractivity contribution in [3.8, 4) is 0 Å². The molecule has 0 spiro atoms. The van der Waals surface area contributed by atoms with Crippen LogP contribution in [0.1, 0.15) is 39.2 Å². The summed E-state index contributed by atoms with van der Waals surface area (Å²) in [4.78, 5) is 11.8. The Hall–Kier alpha value is -1.03. The van der Waals surface area contributed by atoms with Gasteiger partial charge in [-0.25, -0.2) is 4.79 Å². The summed E-state index contributed by atoms with van der Waals surface area (Å²) in [5.41, 5.74) is 0.365. The van der Waals surface area contributed by atoms with E-state index in [1.807, 2.05) is 45.0 Å². The smallest absolute Gasteiger partial charge is 0.408 e. The standard InChI is InChI=1S/C14H18BrNO2/c1-13(2,3)16-12(17)18-14(7-8-14)10-5-4-6-11(15)9-10/h4-6,9H,7-8H2,1-3H3,(H,16,17). The first-order chi connectivity index (χ1) is 8.31. The summed E-state index contributed by atoms with van der Waals surface area (Å²) in [6, 6.07) is 7.94. The number of ether oxygens (including phenoxy) is 1. The predicted octanol–water partition coefficient (Wildman–Crippen LogP) is 3.96. The molecule has 2 rings (SSSR count). The molecule has 1 aromatic rings. The molecular formula is C14H18BrNO2. The van der Waals surface area contributed by atoms with E-state index in [4.69, 9.17) is 4.74 Å². The Morgan fingerprint density at radius 1 is 1.39 bits per heavy atom. The minimum atomic E-state index is -0.418. The molecular weight excluding hydrogens is 294 g/mol. The quantitative estimate of drug-likeness (QED) is 0.897. The monoisotopic (exact) mass is 311 g/mol. The van der Waals surface area contributed by atoms with Crippen LogP contribution >= 0.6 is 15.9 Å². The van der Waals surface area contributed by atoms with E-state index in [9.17, 15) is 4.79 Å². The van der Waals surface area contributed by atoms with E-state index in [1.54, 1.807) is 0 Å². The van der Waals surface area contributed by atoms with Crippen molar-refractivity contribution in [1.82, 2.24) is 5.32 Å². The van der Waals surface area contributed by atoms with Crippen molar-refractivity contribution in [2.24, 2.45) is 0 Å². The largest absolute Gasteiger partial charge is 0.438 e. The summed E-state index contributed by atoms with van der Waals surface area (Å²) in [6.45, 7) is 5.81. The average molecular weight is 312 g/mol. The maximum absolute atomic E-state index is 11.8. The molecule has 0 aromatic heterocycles. The van der Waals surface area contributed by atoms with Gasteiger partial charge in [0.15, 0.2) is 0 Å². The molecule has 1 amide bonds. The van der Waals surface area contributed by atoms with Crippen LogP contribution in [-0.2, 0) is 10.3 Å². The van der Waals surface area contributed by atoms with E-state index >= 15 is 0 Å². The highest BCUT2D eigenvalue weighted by Gasteiger charge is 2.49. The zero-order chi connectivity index (χ0) is 13.4. The molecule has 0 radical (unpaired) electrons. The van der Waals surface area contributed by atoms with Gasteiger partial charge in [0.1, 0.15) is 5.60 Å². The maximum atomic E-state index is 11.8. The van der Waals surface area contributed by atoms with E-state index < -0.39 is 5.60 Å². The lowest BCUT2D eigenvalue weighted by Gasteiger charge is -2.23. The number of amides is 1. The molecule has 1 saturated carbocycles. The van der Waals surface area contributed by atoms with Gasteiger partial charge in [-0.1, -0.05) is 28.1 Å². The molecule has 18 heavy (non-hydrogen) atoms. The van der Waals surface area contributed by atoms with E-state index in [0.717, 1.165) is 22.9 Å². The van der Waals surface area contributed by atoms with Crippen LogP contribution in [0.15, 0.2) is 28.7 Å². The van der Waals surface area contributed by atoms with Gasteiger partial charge in [-0.05, 0) is 51.3 Å². The lowest BCUT2D eigenvalue weighted by molar-refractivity contribution is 0.0755. The van der Waals surface area contributed by atoms with Gasteiger partial charge >= 0.3 is 6.09 Å². The predicted molar refractivity (Wildman–Crippen MR) is 74.4 cm³/mol. The highest BCUT2D eigenvalue weighted by Crippen LogP contribution is 2.49. The number of benzene rings is 1. The Kier molecular flexibility index (Phi) is 3.41. The Labute approximate surface area is 116 Å². The van der Waals surface area contributed by atoms with E-state index in [-0.39, 0.29) is 11.6 Å². The summed E-state index contributed by atoms with van der Waals surface area (Å²) in [6.07, 6.45) is 1.43. The van der Waals surface area contributed by atoms with Gasteiger partial charge in [0, 0.05) is 10.0 Å². The Morgan fingerprint density at radius 3 is 2.56 bits per heavy atom. The molecule has 3 nitrogen and oxygen atoms in total. The normalized spacial score (nSPS) is 17.1. The molecule has 0 aliphatic heterocycles. The minimum Gasteiger partial charge on any atom is -0.438 e. The molecule has 1 fully saturated rings. The fourth-order valence-electron chi connectivity index (χ4n) is 1.84. The van der Waals surface area contributed by atoms with Crippen molar-refractivity contribution in [3.63, 3.8) is 0 Å². The van der Waals surface area contributed by atoms with Crippen molar-refractivity contribution in [2.75, 3.05) is 0 Å². The fraction of sp³-hybridized carbons (Fsp3) is 0.500. The number of hydrogen-bond donors (Lipinski definition) is 1. The van der Waals surface area contributed by atoms with Crippen LogP contribution in [0.2, 0.25) is 0 Å². The summed E-state index contributed by atoms with van der Waals surface area (Å²) >= 11 is 3.44. The molecule has 0 saturated heterocycles. The van der Waals surface area contributed by atoms with Gasteiger partial charge in [-0.2, -0.15) is 0 Å². The molecule has 0 bridgehead atoms. The molecule has 1 aromatic carbocycles. The third-order valence-corrected chi connectivity index (χ3v) is 3.31. The van der Waals surface area contributed by atoms with Crippen LogP contribution in [-0.4, -0.2) is 11.6 Å². The zero-order valence-electron chi connectivity index (χ0n) is 10.9. The van der Waals surface area contributed by atoms with Crippen LogP contribution in [0.25, 0.3) is 0 Å². The van der Waals surface area contributed by atoms with Crippen LogP contribution < -0.4 is 5.32 Å². The number of rotatable bonds is 2. The third-order valence-electron chi connectivity index (χ3n) is 2.82. The number of nitrogens with one attached hydrogen (secondary N) is 1. The Bertz CT molecular complexity index is 461. The minimum absolute atomic E-state index is 0.273. The molecule has 1 N–H and O–H groups in total. The second kappa shape index (κ2) is 4.57. The lowest BCUT2D eigenvalue weighted by Crippen LogP contribution is -2.42. The number of halogens is 1. The van der Waals surface area contributed by atoms with Gasteiger partial charge in [-0.15, -0.1) is 0 Å². The second-order valence-corrected chi connectivity index (χ2v) is 6.68. The van der Waals surface area contributed by atoms with E-state index in [2.05, 4.69) is 21.2 Å². The molecule has 0 atom stereocenters. The first-order valence-electron chi connectivity index (χ1n) is 6.08. The second-order valence-electron chi connectivity index (χ2n) is 5.77. The molecule has 0 unspecified atom stereocenters. The van der Waals surface area contributed by atoms with Crippen LogP contribution in [0.5, 0.6) is 0 Å². The molecule has 98 valence electrons. The lowest BCUT2D eigenvalue weighted by atomic mass is 10.1. The maximum Gasteiger partial charge on any atom is 0.408 e. The molecule has 0 heterocycles. The zero-order valence-corrected chi connectivity index (χ0v) is 12.5. The molecule has 4 heteroatoms. The van der Waals surface area contributed by atoms with Crippen LogP contribution in [0, 0.1) is 0 Å². The van der Waals surface area contributed by atoms with Crippen molar-refractivity contribution < 1.29 is 9.53 Å². The number of hydrogen-bond acceptors (Lipinski definition) is 2. The van der Waals surface area contributed by atoms with Gasteiger partial charge in [-0.3, -0.25) is 0 Å². The SMILES string of the molecule is CC(C)(C)NC(=O)OC1(c2cccc(Br)c2)CC1. The number of alkyl carbamates (subject to hydrolysis) is 1. The van der Waals surface area contributed by atoms with Crippen LogP contribution in [0.3, 0.4) is 0 Å². The van der Waals surface area contributed by atoms with Crippen molar-refractivity contribution in [1.29, 1.82) is 0 Å². The Balaban J connectivity index is 2.07. The number of carbonyl (C=O) groups excluding carboxylic acids is 1. The first kappa shape index (κ1) is 13.4. The summed E-state index contributed by atoms with van der Waals surface area (Å²) in [5, 5.41) is 2.83. The molecule has 1 aliphatic rings. The van der Waals surface area contributed by atoms with Gasteiger partial charge in [0.05, 0.1) is 0 Å². The topological polar surface area (TPSA) is 38.3 Å². The third kappa shape index (κ3) is 3.25. The van der Waals surface area contributed by atoms with Gasteiger partial charge in [0.25, 0.3) is 0 Å². The number of carbonyl (C=O) groups is 1. The van der Waals surface area contributed by atoms with E-state index in [1.165, 1.54) is 0 Å². The van der Waals surface area contributed by atoms with Gasteiger partial charge < -0.3 is 10.1 Å². The van der Waals surface area contributed by atoms with E-state index in [0.29, 0.717) is 0 Å². The van der Waals surface area contributed by atoms with Crippen molar-refractivity contribution >= 4 is 22.0 Å². The van der Waals surface area contributed by atoms with Crippen molar-refractivity contribution in [2.45, 2.75) is 44.8 Å². The fourth-order valence-corrected chi connectivity index (χ4v) is 2.24. The Morgan fingerprint density at radius 2 is 2.06 bits per heavy atom.